The van der Waals surface area contributed by atoms with Crippen LogP contribution in [0.25, 0.3) is 5.69 Å². The molecule has 0 N–H and O–H groups in total. The van der Waals surface area contributed by atoms with Gasteiger partial charge in [0, 0.05) is 40.3 Å². The van der Waals surface area contributed by atoms with Gasteiger partial charge in [-0.15, -0.1) is 5.10 Å². The zero-order valence-corrected chi connectivity index (χ0v) is 32.5. The average molecular weight is 744 g/mol. The molecule has 1 fully saturated rings. The van der Waals surface area contributed by atoms with E-state index < -0.39 is 42.5 Å². The third kappa shape index (κ3) is 13.0. The minimum atomic E-state index is -0.662. The number of esters is 2. The van der Waals surface area contributed by atoms with Crippen LogP contribution in [-0.4, -0.2) is 103 Å². The van der Waals surface area contributed by atoms with Crippen LogP contribution in [0, 0.1) is 0 Å². The Kier molecular flexibility index (Phi) is 18.4. The van der Waals surface area contributed by atoms with E-state index in [2.05, 4.69) is 38.0 Å². The molecule has 0 spiro atoms. The van der Waals surface area contributed by atoms with Crippen LogP contribution in [0.3, 0.4) is 0 Å². The molecule has 0 bridgehead atoms. The van der Waals surface area contributed by atoms with Crippen LogP contribution >= 0.6 is 0 Å². The summed E-state index contributed by atoms with van der Waals surface area (Å²) < 4.78 is 51.2. The van der Waals surface area contributed by atoms with E-state index in [0.29, 0.717) is 38.7 Å². The number of carbonyl (C=O) groups excluding carboxylic acids is 2. The first-order valence-corrected chi connectivity index (χ1v) is 19.5. The number of unbranched alkanes of at least 4 members (excludes halogenated alkanes) is 4. The second-order valence-electron chi connectivity index (χ2n) is 13.6. The predicted molar refractivity (Wildman–Crippen MR) is 198 cm³/mol. The molecule has 4 rings (SSSR count). The molecule has 1 aromatic carbocycles. The number of hydrogen-bond acceptors (Lipinski definition) is 12. The Morgan fingerprint density at radius 2 is 1.34 bits per heavy atom. The molecule has 2 aromatic rings. The molecule has 53 heavy (non-hydrogen) atoms. The van der Waals surface area contributed by atoms with Crippen molar-refractivity contribution in [3.8, 4) is 5.69 Å². The van der Waals surface area contributed by atoms with Gasteiger partial charge >= 0.3 is 11.9 Å². The molecule has 13 nitrogen and oxygen atoms in total. The van der Waals surface area contributed by atoms with Crippen molar-refractivity contribution in [2.24, 2.45) is 0 Å². The zero-order valence-electron chi connectivity index (χ0n) is 32.5. The topological polar surface area (TPSA) is 139 Å². The summed E-state index contributed by atoms with van der Waals surface area (Å²) in [7, 11) is 0. The maximum atomic E-state index is 11.6. The zero-order chi connectivity index (χ0) is 38.0. The van der Waals surface area contributed by atoms with Gasteiger partial charge in [-0.3, -0.25) is 9.59 Å². The minimum absolute atomic E-state index is 0.0395. The van der Waals surface area contributed by atoms with Crippen molar-refractivity contribution in [2.45, 2.75) is 142 Å². The lowest BCUT2D eigenvalue weighted by Crippen LogP contribution is -2.58. The van der Waals surface area contributed by atoms with Gasteiger partial charge in [-0.05, 0) is 49.5 Å². The van der Waals surface area contributed by atoms with Crippen molar-refractivity contribution in [2.75, 3.05) is 39.6 Å². The summed E-state index contributed by atoms with van der Waals surface area (Å²) in [6.45, 7) is 14.0. The van der Waals surface area contributed by atoms with Crippen molar-refractivity contribution < 1.29 is 47.5 Å². The van der Waals surface area contributed by atoms with E-state index in [4.69, 9.17) is 37.9 Å². The lowest BCUT2D eigenvalue weighted by Gasteiger charge is -2.45. The fourth-order valence-corrected chi connectivity index (χ4v) is 6.22. The molecule has 0 unspecified atom stereocenters. The highest BCUT2D eigenvalue weighted by atomic mass is 16.6. The molecule has 1 saturated heterocycles. The predicted octanol–water partition coefficient (Wildman–Crippen LogP) is 6.57. The van der Waals surface area contributed by atoms with E-state index in [-0.39, 0.29) is 24.9 Å². The van der Waals surface area contributed by atoms with Crippen molar-refractivity contribution in [1.29, 1.82) is 0 Å². The Labute approximate surface area is 314 Å². The van der Waals surface area contributed by atoms with Crippen LogP contribution in [0.5, 0.6) is 0 Å². The molecule has 0 saturated carbocycles. The first kappa shape index (κ1) is 42.5. The fourth-order valence-electron chi connectivity index (χ4n) is 6.22. The van der Waals surface area contributed by atoms with Gasteiger partial charge in [-0.1, -0.05) is 76.8 Å². The molecule has 296 valence electrons. The number of carbonyl (C=O) groups is 2. The largest absolute Gasteiger partial charge is 0.463 e. The highest BCUT2D eigenvalue weighted by Crippen LogP contribution is 2.37. The number of aromatic nitrogens is 3. The lowest BCUT2D eigenvalue weighted by atomic mass is 9.92. The van der Waals surface area contributed by atoms with Gasteiger partial charge in [-0.25, -0.2) is 4.68 Å². The van der Waals surface area contributed by atoms with E-state index in [1.165, 1.54) is 13.8 Å². The van der Waals surface area contributed by atoms with Crippen LogP contribution in [0.2, 0.25) is 0 Å². The molecule has 3 heterocycles. The van der Waals surface area contributed by atoms with Gasteiger partial charge in [0.05, 0.1) is 18.5 Å². The Bertz CT molecular complexity index is 1380. The van der Waals surface area contributed by atoms with Gasteiger partial charge in [0.15, 0.2) is 0 Å². The summed E-state index contributed by atoms with van der Waals surface area (Å²) in [5.74, 6) is -0.884. The van der Waals surface area contributed by atoms with Crippen LogP contribution in [-0.2, 0) is 47.5 Å². The molecule has 0 radical (unpaired) electrons. The van der Waals surface area contributed by atoms with E-state index >= 15 is 0 Å². The molecule has 1 aromatic heterocycles. The van der Waals surface area contributed by atoms with E-state index in [1.54, 1.807) is 10.8 Å². The smallest absolute Gasteiger partial charge is 0.303 e. The fraction of sp³-hybridized carbons (Fsp3) is 0.700. The Morgan fingerprint density at radius 3 is 1.96 bits per heavy atom. The van der Waals surface area contributed by atoms with Gasteiger partial charge in [0.2, 0.25) is 0 Å². The molecule has 2 aliphatic rings. The maximum Gasteiger partial charge on any atom is 0.303 e. The molecule has 8 atom stereocenters. The van der Waals surface area contributed by atoms with Crippen molar-refractivity contribution >= 4 is 11.9 Å². The number of hydrogen-bond donors (Lipinski definition) is 0. The van der Waals surface area contributed by atoms with E-state index in [1.807, 2.05) is 36.5 Å². The highest BCUT2D eigenvalue weighted by molar-refractivity contribution is 5.67. The molecule has 0 aliphatic carbocycles. The van der Waals surface area contributed by atoms with Gasteiger partial charge < -0.3 is 37.9 Å². The van der Waals surface area contributed by atoms with Crippen LogP contribution < -0.4 is 0 Å². The molecule has 2 aliphatic heterocycles. The van der Waals surface area contributed by atoms with Gasteiger partial charge in [0.25, 0.3) is 0 Å². The Morgan fingerprint density at radius 1 is 0.717 bits per heavy atom. The maximum absolute atomic E-state index is 11.6. The van der Waals surface area contributed by atoms with Crippen molar-refractivity contribution in [1.82, 2.24) is 15.0 Å². The average Bonchev–Trinajstić information content (AvgIpc) is 3.64. The first-order valence-electron chi connectivity index (χ1n) is 19.5. The molecule has 13 heteroatoms. The second kappa shape index (κ2) is 22.9. The standard InChI is InChI=1S/C40H61N3O10/c1-7-11-21-46-26-36-38(47-22-12-8-2)40(49-24-14-10-4)39(48-23-13-9-3)37(53-36)32-25-43(42-41-32)31-17-15-30(16-18-31)33-19-20-34(51-29(6)45)35(52-33)27-50-28(5)44/h15-20,25,33-40H,7-14,21-24,26-27H2,1-6H3/t33-,34-,35+,36+,37+,38+,39+,40-/m0/s1. The number of benzene rings is 1. The third-order valence-corrected chi connectivity index (χ3v) is 9.19. The number of rotatable bonds is 23. The molecule has 0 amide bonds. The SMILES string of the molecule is CCCCOC[C@H]1O[C@H](c2cn(-c3ccc([C@@H]4C=C[C@H](OC(C)=O)[C@@H](COC(C)=O)O4)cc3)nn2)[C@@H](OCCCC)[C@@H](OCCCC)[C@@H]1OCCCC. The summed E-state index contributed by atoms with van der Waals surface area (Å²) in [4.78, 5) is 23.1. The van der Waals surface area contributed by atoms with Crippen LogP contribution in [0.15, 0.2) is 42.6 Å². The monoisotopic (exact) mass is 743 g/mol. The second-order valence-corrected chi connectivity index (χ2v) is 13.6. The lowest BCUT2D eigenvalue weighted by molar-refractivity contribution is -0.269. The van der Waals surface area contributed by atoms with Crippen LogP contribution in [0.1, 0.15) is 116 Å². The quantitative estimate of drug-likeness (QED) is 0.0691. The third-order valence-electron chi connectivity index (χ3n) is 9.19. The summed E-state index contributed by atoms with van der Waals surface area (Å²) in [5.41, 5.74) is 2.29. The normalized spacial score (nSPS) is 25.7. The summed E-state index contributed by atoms with van der Waals surface area (Å²) in [5, 5.41) is 9.11. The molecular formula is C40H61N3O10. The highest BCUT2D eigenvalue weighted by Gasteiger charge is 2.49. The number of nitrogens with zero attached hydrogens (tertiary/aromatic N) is 3. The van der Waals surface area contributed by atoms with E-state index in [9.17, 15) is 9.59 Å². The van der Waals surface area contributed by atoms with Crippen molar-refractivity contribution in [3.63, 3.8) is 0 Å². The Balaban J connectivity index is 1.58. The number of ether oxygens (including phenoxy) is 8. The van der Waals surface area contributed by atoms with Crippen molar-refractivity contribution in [3.05, 3.63) is 53.9 Å². The summed E-state index contributed by atoms with van der Waals surface area (Å²) in [6, 6.07) is 7.74. The summed E-state index contributed by atoms with van der Waals surface area (Å²) >= 11 is 0. The Hall–Kier alpha value is -3.20. The summed E-state index contributed by atoms with van der Waals surface area (Å²) in [6.07, 6.45) is 9.40. The molecular weight excluding hydrogens is 682 g/mol. The first-order chi connectivity index (χ1) is 25.8. The minimum Gasteiger partial charge on any atom is -0.463 e. The van der Waals surface area contributed by atoms with Gasteiger partial charge in [0.1, 0.15) is 61.1 Å². The van der Waals surface area contributed by atoms with Gasteiger partial charge in [-0.2, -0.15) is 0 Å². The van der Waals surface area contributed by atoms with Crippen LogP contribution in [0.4, 0.5) is 0 Å². The van der Waals surface area contributed by atoms with E-state index in [0.717, 1.165) is 62.6 Å².